The molecule has 0 heterocycles. The number of nitrogens with one attached hydrogen (secondary N) is 1. The van der Waals surface area contributed by atoms with Gasteiger partial charge in [-0.3, -0.25) is 4.79 Å². The van der Waals surface area contributed by atoms with Gasteiger partial charge < -0.3 is 15.2 Å². The maximum absolute atomic E-state index is 12.1. The molecule has 2 aromatic rings. The maximum atomic E-state index is 12.1. The van der Waals surface area contributed by atoms with Crippen molar-refractivity contribution in [2.24, 2.45) is 0 Å². The second-order valence-corrected chi connectivity index (χ2v) is 5.27. The molecule has 2 aromatic carbocycles. The molecule has 0 radical (unpaired) electrons. The van der Waals surface area contributed by atoms with Gasteiger partial charge in [-0.25, -0.2) is 0 Å². The summed E-state index contributed by atoms with van der Waals surface area (Å²) in [5.74, 6) is 0.107. The van der Waals surface area contributed by atoms with Crippen molar-refractivity contribution < 1.29 is 14.6 Å². The van der Waals surface area contributed by atoms with E-state index in [2.05, 4.69) is 21.2 Å². The van der Waals surface area contributed by atoms with Crippen molar-refractivity contribution in [3.63, 3.8) is 0 Å². The molecule has 104 valence electrons. The lowest BCUT2D eigenvalue weighted by Crippen LogP contribution is -2.12. The number of rotatable bonds is 3. The lowest BCUT2D eigenvalue weighted by Gasteiger charge is -2.09. The lowest BCUT2D eigenvalue weighted by atomic mass is 10.1. The number of methoxy groups -OCH3 is 1. The summed E-state index contributed by atoms with van der Waals surface area (Å²) in [4.78, 5) is 12.1. The molecule has 20 heavy (non-hydrogen) atoms. The van der Waals surface area contributed by atoms with Crippen LogP contribution in [0, 0.1) is 6.92 Å². The smallest absolute Gasteiger partial charge is 0.255 e. The van der Waals surface area contributed by atoms with Crippen molar-refractivity contribution in [2.45, 2.75) is 6.92 Å². The van der Waals surface area contributed by atoms with Crippen molar-refractivity contribution >= 4 is 27.5 Å². The topological polar surface area (TPSA) is 58.6 Å². The maximum Gasteiger partial charge on any atom is 0.255 e. The van der Waals surface area contributed by atoms with E-state index >= 15 is 0 Å². The van der Waals surface area contributed by atoms with E-state index in [0.717, 1.165) is 10.0 Å². The van der Waals surface area contributed by atoms with Crippen molar-refractivity contribution in [3.05, 3.63) is 52.0 Å². The zero-order valence-corrected chi connectivity index (χ0v) is 12.7. The minimum absolute atomic E-state index is 0.0178. The summed E-state index contributed by atoms with van der Waals surface area (Å²) in [5.41, 5.74) is 2.04. The number of phenolic OH excluding ortho intramolecular Hbond substituents is 1. The van der Waals surface area contributed by atoms with Crippen molar-refractivity contribution in [3.8, 4) is 11.5 Å². The Balaban J connectivity index is 2.21. The number of hydrogen-bond donors (Lipinski definition) is 2. The number of amides is 1. The van der Waals surface area contributed by atoms with Gasteiger partial charge in [-0.2, -0.15) is 0 Å². The molecule has 0 aromatic heterocycles. The van der Waals surface area contributed by atoms with Crippen molar-refractivity contribution in [2.75, 3.05) is 12.4 Å². The summed E-state index contributed by atoms with van der Waals surface area (Å²) < 4.78 is 5.80. The first-order chi connectivity index (χ1) is 9.49. The Morgan fingerprint density at radius 2 is 2.00 bits per heavy atom. The first kappa shape index (κ1) is 14.4. The Labute approximate surface area is 125 Å². The van der Waals surface area contributed by atoms with E-state index in [1.54, 1.807) is 24.3 Å². The summed E-state index contributed by atoms with van der Waals surface area (Å²) in [6, 6.07) is 10.2. The monoisotopic (exact) mass is 335 g/mol. The van der Waals surface area contributed by atoms with Gasteiger partial charge in [0.2, 0.25) is 0 Å². The summed E-state index contributed by atoms with van der Waals surface area (Å²) in [7, 11) is 1.47. The van der Waals surface area contributed by atoms with Crippen LogP contribution in [0.5, 0.6) is 11.5 Å². The number of phenols is 1. The fraction of sp³-hybridized carbons (Fsp3) is 0.133. The van der Waals surface area contributed by atoms with Crippen molar-refractivity contribution in [1.29, 1.82) is 0 Å². The number of anilines is 1. The highest BCUT2D eigenvalue weighted by Gasteiger charge is 2.09. The third-order valence-electron chi connectivity index (χ3n) is 2.74. The fourth-order valence-electron chi connectivity index (χ4n) is 1.84. The zero-order chi connectivity index (χ0) is 14.7. The molecule has 2 N–H and O–H groups in total. The quantitative estimate of drug-likeness (QED) is 0.898. The first-order valence-electron chi connectivity index (χ1n) is 5.95. The molecule has 5 heteroatoms. The molecule has 0 bridgehead atoms. The molecule has 1 amide bonds. The van der Waals surface area contributed by atoms with E-state index in [-0.39, 0.29) is 11.7 Å². The number of ether oxygens (including phenoxy) is 1. The van der Waals surface area contributed by atoms with Crippen LogP contribution >= 0.6 is 15.9 Å². The van der Waals surface area contributed by atoms with E-state index in [1.807, 2.05) is 13.0 Å². The molecular weight excluding hydrogens is 322 g/mol. The van der Waals surface area contributed by atoms with Crippen LogP contribution in [-0.4, -0.2) is 18.1 Å². The summed E-state index contributed by atoms with van der Waals surface area (Å²) in [6.45, 7) is 1.92. The van der Waals surface area contributed by atoms with Gasteiger partial charge in [-0.1, -0.05) is 15.9 Å². The number of aryl methyl sites for hydroxylation is 1. The van der Waals surface area contributed by atoms with Gasteiger partial charge in [0, 0.05) is 21.8 Å². The van der Waals surface area contributed by atoms with Gasteiger partial charge in [0.25, 0.3) is 5.91 Å². The zero-order valence-electron chi connectivity index (χ0n) is 11.1. The van der Waals surface area contributed by atoms with E-state index in [0.29, 0.717) is 17.0 Å². The summed E-state index contributed by atoms with van der Waals surface area (Å²) in [5, 5.41) is 12.4. The fourth-order valence-corrected chi connectivity index (χ4v) is 2.45. The SMILES string of the molecule is COc1ccc(NC(=O)c2cc(C)cc(Br)c2)cc1O. The molecule has 0 fully saturated rings. The Hall–Kier alpha value is -2.01. The number of benzene rings is 2. The van der Waals surface area contributed by atoms with E-state index in [1.165, 1.54) is 13.2 Å². The largest absolute Gasteiger partial charge is 0.504 e. The molecule has 2 rings (SSSR count). The molecule has 0 aliphatic carbocycles. The number of carbonyl (C=O) groups is 1. The second kappa shape index (κ2) is 5.96. The Kier molecular flexibility index (Phi) is 4.29. The standard InChI is InChI=1S/C15H14BrNO3/c1-9-5-10(7-11(16)6-9)15(19)17-12-3-4-14(20-2)13(18)8-12/h3-8,18H,1-2H3,(H,17,19). The van der Waals surface area contributed by atoms with Crippen LogP contribution in [0.3, 0.4) is 0 Å². The average molecular weight is 336 g/mol. The van der Waals surface area contributed by atoms with Crippen molar-refractivity contribution in [1.82, 2.24) is 0 Å². The molecule has 0 unspecified atom stereocenters. The predicted octanol–water partition coefficient (Wildman–Crippen LogP) is 3.72. The number of hydrogen-bond acceptors (Lipinski definition) is 3. The minimum Gasteiger partial charge on any atom is -0.504 e. The number of halogens is 1. The molecule has 0 aliphatic heterocycles. The highest BCUT2D eigenvalue weighted by Crippen LogP contribution is 2.28. The van der Waals surface area contributed by atoms with Gasteiger partial charge >= 0.3 is 0 Å². The Morgan fingerprint density at radius 3 is 2.60 bits per heavy atom. The Bertz CT molecular complexity index is 635. The third kappa shape index (κ3) is 3.30. The van der Waals surface area contributed by atoms with Crippen LogP contribution in [0.2, 0.25) is 0 Å². The molecule has 0 spiro atoms. The van der Waals surface area contributed by atoms with E-state index < -0.39 is 0 Å². The molecule has 0 atom stereocenters. The number of carbonyl (C=O) groups excluding carboxylic acids is 1. The predicted molar refractivity (Wildman–Crippen MR) is 81.5 cm³/mol. The van der Waals surface area contributed by atoms with E-state index in [9.17, 15) is 9.90 Å². The van der Waals surface area contributed by atoms with Crippen LogP contribution in [0.4, 0.5) is 5.69 Å². The summed E-state index contributed by atoms with van der Waals surface area (Å²) >= 11 is 3.36. The highest BCUT2D eigenvalue weighted by molar-refractivity contribution is 9.10. The van der Waals surface area contributed by atoms with Crippen LogP contribution in [0.15, 0.2) is 40.9 Å². The molecule has 0 saturated heterocycles. The van der Waals surface area contributed by atoms with E-state index in [4.69, 9.17) is 4.74 Å². The average Bonchev–Trinajstić information content (AvgIpc) is 2.37. The second-order valence-electron chi connectivity index (χ2n) is 4.36. The van der Waals surface area contributed by atoms with Gasteiger partial charge in [0.15, 0.2) is 11.5 Å². The first-order valence-corrected chi connectivity index (χ1v) is 6.74. The van der Waals surface area contributed by atoms with Crippen LogP contribution < -0.4 is 10.1 Å². The van der Waals surface area contributed by atoms with Crippen LogP contribution in [0.1, 0.15) is 15.9 Å². The third-order valence-corrected chi connectivity index (χ3v) is 3.20. The van der Waals surface area contributed by atoms with Gasteiger partial charge in [0.05, 0.1) is 7.11 Å². The van der Waals surface area contributed by atoms with Gasteiger partial charge in [-0.05, 0) is 42.8 Å². The van der Waals surface area contributed by atoms with Gasteiger partial charge in [0.1, 0.15) is 0 Å². The van der Waals surface area contributed by atoms with Gasteiger partial charge in [-0.15, -0.1) is 0 Å². The normalized spacial score (nSPS) is 10.2. The number of aromatic hydroxyl groups is 1. The summed E-state index contributed by atoms with van der Waals surface area (Å²) in [6.07, 6.45) is 0. The molecule has 0 aliphatic rings. The molecular formula is C15H14BrNO3. The van der Waals surface area contributed by atoms with Crippen LogP contribution in [-0.2, 0) is 0 Å². The minimum atomic E-state index is -0.237. The van der Waals surface area contributed by atoms with Crippen LogP contribution in [0.25, 0.3) is 0 Å². The lowest BCUT2D eigenvalue weighted by molar-refractivity contribution is 0.102. The molecule has 0 saturated carbocycles. The highest BCUT2D eigenvalue weighted by atomic mass is 79.9. The molecule has 4 nitrogen and oxygen atoms in total. The Morgan fingerprint density at radius 1 is 1.25 bits per heavy atom.